The van der Waals surface area contributed by atoms with Crippen molar-refractivity contribution >= 4 is 29.0 Å². The van der Waals surface area contributed by atoms with Crippen LogP contribution in [0.25, 0.3) is 0 Å². The van der Waals surface area contributed by atoms with Crippen LogP contribution < -0.4 is 0 Å². The smallest absolute Gasteiger partial charge is 0.165 e. The van der Waals surface area contributed by atoms with Crippen LogP contribution in [-0.2, 0) is 0 Å². The van der Waals surface area contributed by atoms with Crippen LogP contribution in [0.4, 0.5) is 0 Å². The first-order chi connectivity index (χ1) is 8.70. The molecule has 0 aliphatic heterocycles. The minimum Gasteiger partial charge on any atom is -0.389 e. The van der Waals surface area contributed by atoms with Crippen molar-refractivity contribution in [3.63, 3.8) is 0 Å². The predicted molar refractivity (Wildman–Crippen MR) is 79.2 cm³/mol. The molecule has 0 aliphatic carbocycles. The van der Waals surface area contributed by atoms with E-state index in [2.05, 4.69) is 0 Å². The van der Waals surface area contributed by atoms with Gasteiger partial charge in [0.2, 0.25) is 0 Å². The zero-order valence-corrected chi connectivity index (χ0v) is 12.9. The van der Waals surface area contributed by atoms with E-state index in [4.69, 9.17) is 23.2 Å². The Morgan fingerprint density at radius 1 is 1.37 bits per heavy atom. The van der Waals surface area contributed by atoms with E-state index >= 15 is 0 Å². The van der Waals surface area contributed by atoms with Gasteiger partial charge >= 0.3 is 0 Å². The molecule has 0 aliphatic rings. The van der Waals surface area contributed by atoms with E-state index in [9.17, 15) is 9.90 Å². The minimum atomic E-state index is -0.772. The molecule has 0 heterocycles. The van der Waals surface area contributed by atoms with E-state index in [0.717, 1.165) is 0 Å². The molecule has 3 nitrogen and oxygen atoms in total. The van der Waals surface area contributed by atoms with Crippen LogP contribution in [0.3, 0.4) is 0 Å². The molecule has 0 spiro atoms. The molecule has 0 fully saturated rings. The third-order valence-electron chi connectivity index (χ3n) is 2.63. The van der Waals surface area contributed by atoms with Crippen molar-refractivity contribution in [2.45, 2.75) is 25.9 Å². The van der Waals surface area contributed by atoms with Gasteiger partial charge in [-0.1, -0.05) is 29.3 Å². The number of nitrogens with zero attached hydrogens (tertiary/aromatic N) is 1. The van der Waals surface area contributed by atoms with E-state index in [1.807, 2.05) is 11.9 Å². The van der Waals surface area contributed by atoms with Gasteiger partial charge in [0.1, 0.15) is 0 Å². The molecular weight excluding hydrogens is 285 g/mol. The van der Waals surface area contributed by atoms with E-state index in [-0.39, 0.29) is 5.78 Å². The molecule has 0 saturated carbocycles. The van der Waals surface area contributed by atoms with E-state index in [0.29, 0.717) is 35.1 Å². The van der Waals surface area contributed by atoms with Crippen molar-refractivity contribution < 1.29 is 9.90 Å². The Morgan fingerprint density at radius 3 is 2.58 bits per heavy atom. The molecule has 0 radical (unpaired) electrons. The Hall–Kier alpha value is -0.610. The molecule has 0 unspecified atom stereocenters. The summed E-state index contributed by atoms with van der Waals surface area (Å²) in [4.78, 5) is 14.0. The average Bonchev–Trinajstić information content (AvgIpc) is 2.27. The van der Waals surface area contributed by atoms with E-state index in [1.165, 1.54) is 0 Å². The van der Waals surface area contributed by atoms with Gasteiger partial charge in [-0.3, -0.25) is 4.79 Å². The Balaban J connectivity index is 2.59. The van der Waals surface area contributed by atoms with Crippen molar-refractivity contribution in [1.82, 2.24) is 4.90 Å². The lowest BCUT2D eigenvalue weighted by Crippen LogP contribution is -2.37. The topological polar surface area (TPSA) is 40.5 Å². The second kappa shape index (κ2) is 6.71. The number of hydrogen-bond donors (Lipinski definition) is 1. The maximum atomic E-state index is 12.1. The number of Topliss-reactive ketones (excluding diaryl/α,β-unsaturated/α-hetero) is 1. The van der Waals surface area contributed by atoms with Gasteiger partial charge in [0.25, 0.3) is 0 Å². The fourth-order valence-electron chi connectivity index (χ4n) is 1.89. The number of ketones is 1. The van der Waals surface area contributed by atoms with Crippen molar-refractivity contribution in [2.75, 3.05) is 20.1 Å². The summed E-state index contributed by atoms with van der Waals surface area (Å²) in [7, 11) is 1.87. The summed E-state index contributed by atoms with van der Waals surface area (Å²) in [5.41, 5.74) is -0.322. The van der Waals surface area contributed by atoms with Gasteiger partial charge in [-0.05, 0) is 33.0 Å². The number of aliphatic hydroxyl groups is 1. The fraction of sp³-hybridized carbons (Fsp3) is 0.500. The average molecular weight is 304 g/mol. The van der Waals surface area contributed by atoms with Crippen LogP contribution in [0.5, 0.6) is 0 Å². The van der Waals surface area contributed by atoms with Gasteiger partial charge in [-0.15, -0.1) is 0 Å². The Bertz CT molecular complexity index is 455. The zero-order valence-electron chi connectivity index (χ0n) is 11.4. The highest BCUT2D eigenvalue weighted by atomic mass is 35.5. The predicted octanol–water partition coefficient (Wildman–Crippen LogP) is 3.27. The molecule has 106 valence electrons. The molecule has 1 N–H and O–H groups in total. The molecule has 0 saturated heterocycles. The largest absolute Gasteiger partial charge is 0.389 e. The van der Waals surface area contributed by atoms with Crippen molar-refractivity contribution in [2.24, 2.45) is 0 Å². The number of hydrogen-bond acceptors (Lipinski definition) is 3. The number of halogens is 2. The van der Waals surface area contributed by atoms with Gasteiger partial charge in [0.15, 0.2) is 5.78 Å². The Labute approximate surface area is 124 Å². The first kappa shape index (κ1) is 16.4. The maximum absolute atomic E-state index is 12.1. The summed E-state index contributed by atoms with van der Waals surface area (Å²) in [5.74, 6) is -0.0462. The fourth-order valence-corrected chi connectivity index (χ4v) is 2.29. The number of rotatable bonds is 6. The third-order valence-corrected chi connectivity index (χ3v) is 3.45. The van der Waals surface area contributed by atoms with Gasteiger partial charge in [0, 0.05) is 25.1 Å². The normalized spacial score (nSPS) is 11.9. The van der Waals surface area contributed by atoms with Crippen LogP contribution >= 0.6 is 23.2 Å². The Morgan fingerprint density at radius 2 is 2.00 bits per heavy atom. The van der Waals surface area contributed by atoms with Gasteiger partial charge in [-0.25, -0.2) is 0 Å². The lowest BCUT2D eigenvalue weighted by Gasteiger charge is -2.25. The van der Waals surface area contributed by atoms with Crippen LogP contribution in [0.1, 0.15) is 30.6 Å². The van der Waals surface area contributed by atoms with Crippen LogP contribution in [0.15, 0.2) is 18.2 Å². The second-order valence-electron chi connectivity index (χ2n) is 5.32. The van der Waals surface area contributed by atoms with Crippen molar-refractivity contribution in [3.05, 3.63) is 33.8 Å². The maximum Gasteiger partial charge on any atom is 0.165 e. The van der Waals surface area contributed by atoms with Crippen molar-refractivity contribution in [3.8, 4) is 0 Å². The summed E-state index contributed by atoms with van der Waals surface area (Å²) in [6.45, 7) is 4.54. The van der Waals surface area contributed by atoms with Crippen LogP contribution in [0.2, 0.25) is 10.0 Å². The summed E-state index contributed by atoms with van der Waals surface area (Å²) in [6, 6.07) is 5.04. The summed E-state index contributed by atoms with van der Waals surface area (Å²) < 4.78 is 0. The quantitative estimate of drug-likeness (QED) is 0.820. The SMILES string of the molecule is CN(CCC(=O)c1cccc(Cl)c1Cl)CC(C)(C)O. The second-order valence-corrected chi connectivity index (χ2v) is 6.11. The molecular formula is C14H19Cl2NO2. The van der Waals surface area contributed by atoms with E-state index in [1.54, 1.807) is 32.0 Å². The number of carbonyl (C=O) groups excluding carboxylic acids is 1. The summed E-state index contributed by atoms with van der Waals surface area (Å²) in [6.07, 6.45) is 0.340. The number of likely N-dealkylation sites (N-methyl/N-ethyl adjacent to an activating group) is 1. The van der Waals surface area contributed by atoms with Gasteiger partial charge in [0.05, 0.1) is 15.6 Å². The van der Waals surface area contributed by atoms with Crippen LogP contribution in [-0.4, -0.2) is 41.5 Å². The van der Waals surface area contributed by atoms with Crippen LogP contribution in [0, 0.1) is 0 Å². The summed E-state index contributed by atoms with van der Waals surface area (Å²) in [5, 5.41) is 10.4. The van der Waals surface area contributed by atoms with Gasteiger partial charge in [-0.2, -0.15) is 0 Å². The third kappa shape index (κ3) is 5.49. The molecule has 0 aromatic heterocycles. The van der Waals surface area contributed by atoms with E-state index < -0.39 is 5.60 Å². The molecule has 0 amide bonds. The first-order valence-corrected chi connectivity index (χ1v) is 6.84. The highest BCUT2D eigenvalue weighted by Crippen LogP contribution is 2.26. The minimum absolute atomic E-state index is 0.0462. The lowest BCUT2D eigenvalue weighted by atomic mass is 10.1. The number of benzene rings is 1. The number of carbonyl (C=O) groups is 1. The monoisotopic (exact) mass is 303 g/mol. The highest BCUT2D eigenvalue weighted by molar-refractivity contribution is 6.43. The molecule has 0 atom stereocenters. The zero-order chi connectivity index (χ0) is 14.6. The molecule has 1 aromatic rings. The Kier molecular flexibility index (Phi) is 5.81. The lowest BCUT2D eigenvalue weighted by molar-refractivity contribution is 0.0437. The first-order valence-electron chi connectivity index (χ1n) is 6.09. The van der Waals surface area contributed by atoms with Crippen molar-refractivity contribution in [1.29, 1.82) is 0 Å². The molecule has 5 heteroatoms. The molecule has 19 heavy (non-hydrogen) atoms. The summed E-state index contributed by atoms with van der Waals surface area (Å²) >= 11 is 11.9. The standard InChI is InChI=1S/C14H19Cl2NO2/c1-14(2,19)9-17(3)8-7-12(18)10-5-4-6-11(15)13(10)16/h4-6,19H,7-9H2,1-3H3. The molecule has 0 bridgehead atoms. The molecule has 1 rings (SSSR count). The highest BCUT2D eigenvalue weighted by Gasteiger charge is 2.17. The molecule has 1 aromatic carbocycles. The van der Waals surface area contributed by atoms with Gasteiger partial charge < -0.3 is 10.0 Å².